The van der Waals surface area contributed by atoms with Crippen LogP contribution in [0.5, 0.6) is 0 Å². The Morgan fingerprint density at radius 2 is 1.47 bits per heavy atom. The molecule has 2 heteroatoms. The van der Waals surface area contributed by atoms with Crippen LogP contribution in [0.15, 0.2) is 60.3 Å². The van der Waals surface area contributed by atoms with Crippen LogP contribution in [0.25, 0.3) is 0 Å². The third kappa shape index (κ3) is 11.3. The van der Waals surface area contributed by atoms with E-state index >= 15 is 0 Å². The molecular formula is C47H76O2. The van der Waals surface area contributed by atoms with Gasteiger partial charge in [-0.05, 0) is 136 Å². The third-order valence-corrected chi connectivity index (χ3v) is 13.8. The van der Waals surface area contributed by atoms with Crippen molar-refractivity contribution in [3.05, 3.63) is 60.3 Å². The highest BCUT2D eigenvalue weighted by molar-refractivity contribution is 5.69. The molecule has 276 valence electrons. The molecule has 0 aromatic rings. The van der Waals surface area contributed by atoms with Crippen molar-refractivity contribution in [2.24, 2.45) is 46.3 Å². The minimum absolute atomic E-state index is 0.00622. The van der Waals surface area contributed by atoms with E-state index in [2.05, 4.69) is 96.2 Å². The molecule has 0 aromatic carbocycles. The summed E-state index contributed by atoms with van der Waals surface area (Å²) in [6.45, 7) is 14.9. The number of allylic oxidation sites excluding steroid dienone is 9. The number of hydrogen-bond acceptors (Lipinski definition) is 2. The second-order valence-electron chi connectivity index (χ2n) is 17.6. The molecule has 4 rings (SSSR count). The number of carbonyl (C=O) groups is 1. The largest absolute Gasteiger partial charge is 0.462 e. The van der Waals surface area contributed by atoms with Crippen molar-refractivity contribution in [2.75, 3.05) is 0 Å². The van der Waals surface area contributed by atoms with Gasteiger partial charge in [0.1, 0.15) is 6.10 Å². The third-order valence-electron chi connectivity index (χ3n) is 13.8. The molecule has 4 aliphatic rings. The van der Waals surface area contributed by atoms with Crippen LogP contribution < -0.4 is 0 Å². The van der Waals surface area contributed by atoms with E-state index in [1.807, 2.05) is 0 Å². The van der Waals surface area contributed by atoms with Crippen molar-refractivity contribution in [1.29, 1.82) is 0 Å². The maximum atomic E-state index is 12.8. The van der Waals surface area contributed by atoms with Gasteiger partial charge < -0.3 is 4.74 Å². The van der Waals surface area contributed by atoms with Gasteiger partial charge in [0.2, 0.25) is 0 Å². The van der Waals surface area contributed by atoms with Crippen molar-refractivity contribution in [3.63, 3.8) is 0 Å². The second kappa shape index (κ2) is 20.3. The Kier molecular flexibility index (Phi) is 16.5. The van der Waals surface area contributed by atoms with E-state index in [1.165, 1.54) is 83.5 Å². The van der Waals surface area contributed by atoms with Gasteiger partial charge in [0.15, 0.2) is 0 Å². The molecule has 0 unspecified atom stereocenters. The molecule has 0 spiro atoms. The summed E-state index contributed by atoms with van der Waals surface area (Å²) < 4.78 is 6.10. The van der Waals surface area contributed by atoms with Gasteiger partial charge in [-0.2, -0.15) is 0 Å². The van der Waals surface area contributed by atoms with Crippen LogP contribution in [0, 0.1) is 46.3 Å². The fraction of sp³-hybridized carbons (Fsp3) is 0.766. The maximum absolute atomic E-state index is 12.8. The van der Waals surface area contributed by atoms with E-state index in [-0.39, 0.29) is 12.1 Å². The molecule has 3 saturated carbocycles. The number of esters is 1. The Morgan fingerprint density at radius 1 is 0.796 bits per heavy atom. The lowest BCUT2D eigenvalue weighted by Crippen LogP contribution is -2.51. The molecule has 0 heterocycles. The second-order valence-corrected chi connectivity index (χ2v) is 17.6. The molecule has 3 fully saturated rings. The minimum atomic E-state index is 0.00622. The Bertz CT molecular complexity index is 1140. The maximum Gasteiger partial charge on any atom is 0.306 e. The smallest absolute Gasteiger partial charge is 0.306 e. The van der Waals surface area contributed by atoms with E-state index in [0.717, 1.165) is 80.5 Å². The van der Waals surface area contributed by atoms with Crippen LogP contribution >= 0.6 is 0 Å². The molecule has 0 aliphatic heterocycles. The molecule has 4 aliphatic carbocycles. The predicted octanol–water partition coefficient (Wildman–Crippen LogP) is 14.1. The van der Waals surface area contributed by atoms with Crippen LogP contribution in [0.4, 0.5) is 0 Å². The van der Waals surface area contributed by atoms with Gasteiger partial charge in [0.05, 0.1) is 0 Å². The highest BCUT2D eigenvalue weighted by Gasteiger charge is 2.59. The average Bonchev–Trinajstić information content (AvgIpc) is 3.43. The predicted molar refractivity (Wildman–Crippen MR) is 211 cm³/mol. The highest BCUT2D eigenvalue weighted by Crippen LogP contribution is 2.67. The number of ether oxygens (including phenoxy) is 1. The highest BCUT2D eigenvalue weighted by atomic mass is 16.5. The Morgan fingerprint density at radius 3 is 2.14 bits per heavy atom. The lowest BCUT2D eigenvalue weighted by molar-refractivity contribution is -0.151. The number of hydrogen-bond donors (Lipinski definition) is 0. The molecule has 0 N–H and O–H groups in total. The topological polar surface area (TPSA) is 26.3 Å². The molecule has 0 aromatic heterocycles. The summed E-state index contributed by atoms with van der Waals surface area (Å²) >= 11 is 0. The summed E-state index contributed by atoms with van der Waals surface area (Å²) in [6.07, 6.45) is 45.7. The van der Waals surface area contributed by atoms with Gasteiger partial charge in [0.25, 0.3) is 0 Å². The Hall–Kier alpha value is -1.83. The summed E-state index contributed by atoms with van der Waals surface area (Å²) in [6, 6.07) is 0. The zero-order valence-corrected chi connectivity index (χ0v) is 32.9. The van der Waals surface area contributed by atoms with Crippen molar-refractivity contribution >= 4 is 5.97 Å². The van der Waals surface area contributed by atoms with E-state index in [1.54, 1.807) is 5.57 Å². The first-order chi connectivity index (χ1) is 23.7. The molecule has 0 radical (unpaired) electrons. The molecular weight excluding hydrogens is 597 g/mol. The molecule has 0 saturated heterocycles. The van der Waals surface area contributed by atoms with Crippen molar-refractivity contribution in [3.8, 4) is 0 Å². The molecule has 8 atom stereocenters. The number of rotatable bonds is 20. The lowest BCUT2D eigenvalue weighted by Gasteiger charge is -2.58. The minimum Gasteiger partial charge on any atom is -0.462 e. The number of fused-ring (bicyclic) bond motifs is 5. The van der Waals surface area contributed by atoms with Crippen LogP contribution in [0.3, 0.4) is 0 Å². The molecule has 0 bridgehead atoms. The van der Waals surface area contributed by atoms with Gasteiger partial charge in [0, 0.05) is 12.8 Å². The fourth-order valence-corrected chi connectivity index (χ4v) is 10.9. The Labute approximate surface area is 303 Å². The van der Waals surface area contributed by atoms with Crippen LogP contribution in [0.2, 0.25) is 0 Å². The van der Waals surface area contributed by atoms with E-state index in [9.17, 15) is 4.79 Å². The van der Waals surface area contributed by atoms with E-state index in [0.29, 0.717) is 17.3 Å². The van der Waals surface area contributed by atoms with Crippen LogP contribution in [-0.2, 0) is 9.53 Å². The van der Waals surface area contributed by atoms with Gasteiger partial charge in [-0.15, -0.1) is 0 Å². The first-order valence-corrected chi connectivity index (χ1v) is 21.2. The first-order valence-electron chi connectivity index (χ1n) is 21.2. The molecule has 49 heavy (non-hydrogen) atoms. The van der Waals surface area contributed by atoms with Crippen molar-refractivity contribution in [1.82, 2.24) is 0 Å². The van der Waals surface area contributed by atoms with E-state index in [4.69, 9.17) is 4.74 Å². The quantitative estimate of drug-likeness (QED) is 0.0731. The summed E-state index contributed by atoms with van der Waals surface area (Å²) in [7, 11) is 0. The monoisotopic (exact) mass is 673 g/mol. The first kappa shape index (κ1) is 39.9. The van der Waals surface area contributed by atoms with E-state index < -0.39 is 0 Å². The Balaban J connectivity index is 1.13. The summed E-state index contributed by atoms with van der Waals surface area (Å²) in [4.78, 5) is 12.8. The normalized spacial score (nSPS) is 32.2. The van der Waals surface area contributed by atoms with Crippen LogP contribution in [-0.4, -0.2) is 12.1 Å². The van der Waals surface area contributed by atoms with Gasteiger partial charge in [-0.1, -0.05) is 134 Å². The van der Waals surface area contributed by atoms with Gasteiger partial charge in [-0.3, -0.25) is 4.79 Å². The van der Waals surface area contributed by atoms with Crippen LogP contribution in [0.1, 0.15) is 176 Å². The lowest BCUT2D eigenvalue weighted by atomic mass is 9.47. The zero-order valence-electron chi connectivity index (χ0n) is 32.9. The fourth-order valence-electron chi connectivity index (χ4n) is 10.9. The number of carbonyl (C=O) groups excluding carboxylic acids is 1. The summed E-state index contributed by atoms with van der Waals surface area (Å²) in [5.74, 6) is 5.21. The SMILES string of the molecule is CCCCC/C=C/C/C=C/C/C=C/C/C=C/CCCC(=O)O[C@H]1CC[C@@]2(C)C(=CC[C@@H]3[C@H]4CC[C@@H]([C@@H](C)CCCC(C)C)[C@]4(C)CC[C@H]32)C1. The van der Waals surface area contributed by atoms with Crippen molar-refractivity contribution < 1.29 is 9.53 Å². The summed E-state index contributed by atoms with van der Waals surface area (Å²) in [5, 5.41) is 0. The molecule has 2 nitrogen and oxygen atoms in total. The van der Waals surface area contributed by atoms with Gasteiger partial charge >= 0.3 is 5.97 Å². The zero-order chi connectivity index (χ0) is 35.1. The van der Waals surface area contributed by atoms with Crippen molar-refractivity contribution in [2.45, 2.75) is 182 Å². The standard InChI is InChI=1S/C47H76O2/c1-7-8-9-10-11-12-13-14-15-16-17-18-19-20-21-22-23-27-45(48)49-40-32-34-46(5)39(36-40)28-29-41-43-31-30-42(38(4)26-24-25-37(2)3)47(43,6)35-33-44(41)46/h11-12,14-15,17-18,20-21,28,37-38,40-44H,7-10,13,16,19,22-27,29-36H2,1-6H3/b12-11+,15-14+,18-17+,21-20+/t38-,40-,41+,42-,43+,44+,46-,47-/m0/s1. The van der Waals surface area contributed by atoms with Gasteiger partial charge in [-0.25, -0.2) is 0 Å². The summed E-state index contributed by atoms with van der Waals surface area (Å²) in [5.41, 5.74) is 2.48. The molecule has 0 amide bonds. The number of unbranched alkanes of at least 4 members (excludes halogenated alkanes) is 4. The average molecular weight is 673 g/mol.